The highest BCUT2D eigenvalue weighted by atomic mass is 16.6. The zero-order valence-corrected chi connectivity index (χ0v) is 6.24. The van der Waals surface area contributed by atoms with Crippen molar-refractivity contribution in [2.75, 3.05) is 6.61 Å². The average molecular weight is 180 g/mol. The van der Waals surface area contributed by atoms with Gasteiger partial charge in [0.2, 0.25) is 0 Å². The molecule has 0 saturated carbocycles. The molecule has 1 heterocycles. The first kappa shape index (κ1) is 9.85. The third-order valence-corrected chi connectivity index (χ3v) is 1.87. The van der Waals surface area contributed by atoms with Crippen molar-refractivity contribution < 1.29 is 30.3 Å². The summed E-state index contributed by atoms with van der Waals surface area (Å²) in [6, 6.07) is 0. The molecule has 5 N–H and O–H groups in total. The topological polar surface area (TPSA) is 110 Å². The minimum absolute atomic E-state index is 0.526. The highest BCUT2D eigenvalue weighted by Gasteiger charge is 2.42. The number of rotatable bonds is 1. The Bertz CT molecular complexity index is 146. The zero-order valence-electron chi connectivity index (χ0n) is 6.24. The van der Waals surface area contributed by atoms with E-state index in [9.17, 15) is 0 Å². The molecule has 6 heteroatoms. The van der Waals surface area contributed by atoms with E-state index in [4.69, 9.17) is 25.5 Å². The van der Waals surface area contributed by atoms with Crippen molar-refractivity contribution in [1.29, 1.82) is 0 Å². The van der Waals surface area contributed by atoms with Crippen LogP contribution in [0.15, 0.2) is 0 Å². The molecule has 0 aromatic rings. The molecule has 0 aliphatic carbocycles. The zero-order chi connectivity index (χ0) is 9.30. The molecular formula is C6H12O6. The Morgan fingerprint density at radius 1 is 0.917 bits per heavy atom. The summed E-state index contributed by atoms with van der Waals surface area (Å²) in [6.07, 6.45) is -7.04. The molecule has 0 bridgehead atoms. The lowest BCUT2D eigenvalue weighted by molar-refractivity contribution is -0.286. The molecule has 0 radical (unpaired) electrons. The maximum Gasteiger partial charge on any atom is 0.184 e. The molecule has 5 atom stereocenters. The van der Waals surface area contributed by atoms with Crippen LogP contribution in [0.2, 0.25) is 0 Å². The number of hydrogen-bond acceptors (Lipinski definition) is 6. The second-order valence-electron chi connectivity index (χ2n) is 2.72. The van der Waals surface area contributed by atoms with Crippen LogP contribution in [0.3, 0.4) is 0 Å². The smallest absolute Gasteiger partial charge is 0.184 e. The van der Waals surface area contributed by atoms with Crippen LogP contribution in [0.1, 0.15) is 0 Å². The fourth-order valence-electron chi connectivity index (χ4n) is 1.08. The van der Waals surface area contributed by atoms with E-state index >= 15 is 0 Å². The molecule has 1 fully saturated rings. The third kappa shape index (κ3) is 1.58. The minimum Gasteiger partial charge on any atom is -0.394 e. The molecule has 1 aliphatic rings. The highest BCUT2D eigenvalue weighted by molar-refractivity contribution is 4.87. The summed E-state index contributed by atoms with van der Waals surface area (Å²) in [6.45, 7) is -0.526. The Morgan fingerprint density at radius 3 is 2.00 bits per heavy atom. The first-order valence-corrected chi connectivity index (χ1v) is 3.56. The van der Waals surface area contributed by atoms with E-state index in [0.717, 1.165) is 0 Å². The second kappa shape index (κ2) is 3.65. The largest absolute Gasteiger partial charge is 0.394 e. The molecule has 0 amide bonds. The van der Waals surface area contributed by atoms with Crippen molar-refractivity contribution in [3.05, 3.63) is 0 Å². The third-order valence-electron chi connectivity index (χ3n) is 1.87. The van der Waals surface area contributed by atoms with Crippen molar-refractivity contribution in [3.63, 3.8) is 0 Å². The van der Waals surface area contributed by atoms with Crippen molar-refractivity contribution in [2.24, 2.45) is 0 Å². The first-order chi connectivity index (χ1) is 5.57. The Labute approximate surface area is 68.6 Å². The molecule has 1 rings (SSSR count). The molecule has 0 spiro atoms. The number of aliphatic hydroxyl groups is 5. The van der Waals surface area contributed by atoms with Crippen LogP contribution >= 0.6 is 0 Å². The summed E-state index contributed by atoms with van der Waals surface area (Å²) < 4.78 is 4.58. The minimum atomic E-state index is -1.57. The van der Waals surface area contributed by atoms with Gasteiger partial charge in [-0.1, -0.05) is 0 Å². The van der Waals surface area contributed by atoms with Gasteiger partial charge in [0.05, 0.1) is 6.61 Å². The summed E-state index contributed by atoms with van der Waals surface area (Å²) in [4.78, 5) is 0. The summed E-state index contributed by atoms with van der Waals surface area (Å²) in [5, 5.41) is 44.7. The normalized spacial score (nSPS) is 49.2. The molecule has 0 aromatic heterocycles. The van der Waals surface area contributed by atoms with Gasteiger partial charge in [0, 0.05) is 0 Å². The van der Waals surface area contributed by atoms with Gasteiger partial charge in [-0.15, -0.1) is 0 Å². The van der Waals surface area contributed by atoms with Gasteiger partial charge in [0.1, 0.15) is 24.4 Å². The predicted molar refractivity (Wildman–Crippen MR) is 36.0 cm³/mol. The lowest BCUT2D eigenvalue weighted by atomic mass is 10.00. The molecular weight excluding hydrogens is 168 g/mol. The summed E-state index contributed by atoms with van der Waals surface area (Å²) in [7, 11) is 0. The first-order valence-electron chi connectivity index (χ1n) is 3.56. The Hall–Kier alpha value is -0.240. The van der Waals surface area contributed by atoms with Crippen LogP contribution in [-0.4, -0.2) is 62.8 Å². The lowest BCUT2D eigenvalue weighted by Gasteiger charge is -2.37. The maximum atomic E-state index is 9.12. The van der Waals surface area contributed by atoms with E-state index in [0.29, 0.717) is 0 Å². The summed E-state index contributed by atoms with van der Waals surface area (Å²) in [5.41, 5.74) is 0. The highest BCUT2D eigenvalue weighted by Crippen LogP contribution is 2.18. The van der Waals surface area contributed by atoms with Gasteiger partial charge < -0.3 is 30.3 Å². The van der Waals surface area contributed by atoms with Crippen LogP contribution in [0, 0.1) is 0 Å². The Morgan fingerprint density at radius 2 is 1.50 bits per heavy atom. The van der Waals surface area contributed by atoms with Gasteiger partial charge in [0.15, 0.2) is 6.29 Å². The summed E-state index contributed by atoms with van der Waals surface area (Å²) >= 11 is 0. The second-order valence-corrected chi connectivity index (χ2v) is 2.72. The van der Waals surface area contributed by atoms with Crippen LogP contribution in [-0.2, 0) is 4.74 Å². The number of aliphatic hydroxyl groups excluding tert-OH is 5. The molecule has 2 unspecified atom stereocenters. The van der Waals surface area contributed by atoms with E-state index in [1.54, 1.807) is 0 Å². The SMILES string of the molecule is OCC1O[C@H](O)[C@@H](O)C(O)[C@H]1O. The van der Waals surface area contributed by atoms with Gasteiger partial charge in [0.25, 0.3) is 0 Å². The monoisotopic (exact) mass is 180 g/mol. The predicted octanol–water partition coefficient (Wildman–Crippen LogP) is -3.22. The van der Waals surface area contributed by atoms with E-state index < -0.39 is 37.3 Å². The van der Waals surface area contributed by atoms with Crippen LogP contribution in [0.5, 0.6) is 0 Å². The van der Waals surface area contributed by atoms with Gasteiger partial charge in [-0.2, -0.15) is 0 Å². The van der Waals surface area contributed by atoms with Crippen molar-refractivity contribution >= 4 is 0 Å². The van der Waals surface area contributed by atoms with E-state index in [-0.39, 0.29) is 0 Å². The molecule has 6 nitrogen and oxygen atoms in total. The van der Waals surface area contributed by atoms with Crippen molar-refractivity contribution in [1.82, 2.24) is 0 Å². The molecule has 1 saturated heterocycles. The van der Waals surface area contributed by atoms with Crippen molar-refractivity contribution in [3.8, 4) is 0 Å². The quantitative estimate of drug-likeness (QED) is 0.290. The van der Waals surface area contributed by atoms with E-state index in [1.807, 2.05) is 0 Å². The van der Waals surface area contributed by atoms with E-state index in [1.165, 1.54) is 0 Å². The Balaban J connectivity index is 2.63. The van der Waals surface area contributed by atoms with Crippen LogP contribution in [0.25, 0.3) is 0 Å². The lowest BCUT2D eigenvalue weighted by Crippen LogP contribution is -2.58. The summed E-state index contributed by atoms with van der Waals surface area (Å²) in [5.74, 6) is 0. The fourth-order valence-corrected chi connectivity index (χ4v) is 1.08. The number of hydrogen-bond donors (Lipinski definition) is 5. The molecule has 72 valence electrons. The molecule has 12 heavy (non-hydrogen) atoms. The van der Waals surface area contributed by atoms with Crippen LogP contribution in [0.4, 0.5) is 0 Å². The van der Waals surface area contributed by atoms with Gasteiger partial charge in [-0.3, -0.25) is 0 Å². The standard InChI is InChI=1S/C6H12O6/c7-1-2-3(8)4(9)5(10)6(11)12-2/h2-11H,1H2/t2?,3-,4?,5-,6-/m0/s1. The molecule has 0 aromatic carbocycles. The Kier molecular flexibility index (Phi) is 2.99. The maximum absolute atomic E-state index is 9.12. The van der Waals surface area contributed by atoms with Crippen LogP contribution < -0.4 is 0 Å². The van der Waals surface area contributed by atoms with Crippen molar-refractivity contribution in [2.45, 2.75) is 30.7 Å². The van der Waals surface area contributed by atoms with Gasteiger partial charge in [-0.05, 0) is 0 Å². The fraction of sp³-hybridized carbons (Fsp3) is 1.00. The van der Waals surface area contributed by atoms with Gasteiger partial charge in [-0.25, -0.2) is 0 Å². The molecule has 1 aliphatic heterocycles. The van der Waals surface area contributed by atoms with E-state index in [2.05, 4.69) is 4.74 Å². The van der Waals surface area contributed by atoms with Gasteiger partial charge >= 0.3 is 0 Å². The average Bonchev–Trinajstić information content (AvgIpc) is 2.08. The number of ether oxygens (including phenoxy) is 1.